The quantitative estimate of drug-likeness (QED) is 0.774. The van der Waals surface area contributed by atoms with E-state index in [1.807, 2.05) is 11.8 Å². The van der Waals surface area contributed by atoms with Gasteiger partial charge in [0.25, 0.3) is 0 Å². The molecule has 0 saturated carbocycles. The molecule has 1 aromatic heterocycles. The highest BCUT2D eigenvalue weighted by molar-refractivity contribution is 7.90. The van der Waals surface area contributed by atoms with E-state index in [4.69, 9.17) is 0 Å². The normalized spacial score (nSPS) is 15.7. The molecule has 0 spiro atoms. The highest BCUT2D eigenvalue weighted by Gasteiger charge is 2.21. The first-order chi connectivity index (χ1) is 10.00. The predicted octanol–water partition coefficient (Wildman–Crippen LogP) is 1.74. The van der Waals surface area contributed by atoms with Gasteiger partial charge >= 0.3 is 0 Å². The Morgan fingerprint density at radius 1 is 1.43 bits per heavy atom. The smallest absolute Gasteiger partial charge is 0.247 e. The van der Waals surface area contributed by atoms with Crippen LogP contribution in [0, 0.1) is 0 Å². The summed E-state index contributed by atoms with van der Waals surface area (Å²) in [6, 6.07) is 2.07. The van der Waals surface area contributed by atoms with Crippen molar-refractivity contribution < 1.29 is 13.2 Å². The molecule has 0 fully saturated rings. The van der Waals surface area contributed by atoms with Crippen LogP contribution in [0.1, 0.15) is 36.6 Å². The van der Waals surface area contributed by atoms with Crippen molar-refractivity contribution in [2.75, 3.05) is 18.8 Å². The molecule has 21 heavy (non-hydrogen) atoms. The van der Waals surface area contributed by atoms with Crippen LogP contribution in [-0.4, -0.2) is 38.1 Å². The first-order valence-corrected chi connectivity index (χ1v) is 9.84. The van der Waals surface area contributed by atoms with Crippen molar-refractivity contribution in [1.82, 2.24) is 9.62 Å². The molecule has 0 aliphatic carbocycles. The van der Waals surface area contributed by atoms with Crippen LogP contribution in [0.3, 0.4) is 0 Å². The second kappa shape index (κ2) is 7.38. The second-order valence-corrected chi connectivity index (χ2v) is 8.22. The standard InChI is InChI=1S/C14H22N2O3S2/c1-2-3-4-9-21(18,19)15-14(17)11-16-7-5-13-12(10-16)6-8-20-13/h6,8H,2-5,7,9-11H2,1H3,(H,15,17). The molecule has 1 N–H and O–H groups in total. The summed E-state index contributed by atoms with van der Waals surface area (Å²) in [6.07, 6.45) is 3.35. The lowest BCUT2D eigenvalue weighted by Crippen LogP contribution is -2.42. The third kappa shape index (κ3) is 5.09. The van der Waals surface area contributed by atoms with Crippen LogP contribution < -0.4 is 4.72 Å². The van der Waals surface area contributed by atoms with Crippen LogP contribution in [0.2, 0.25) is 0 Å². The Kier molecular flexibility index (Phi) is 5.78. The summed E-state index contributed by atoms with van der Waals surface area (Å²) < 4.78 is 25.7. The number of carbonyl (C=O) groups excluding carboxylic acids is 1. The summed E-state index contributed by atoms with van der Waals surface area (Å²) in [6.45, 7) is 3.68. The van der Waals surface area contributed by atoms with Gasteiger partial charge in [-0.15, -0.1) is 11.3 Å². The number of fused-ring (bicyclic) bond motifs is 1. The van der Waals surface area contributed by atoms with Crippen LogP contribution >= 0.6 is 11.3 Å². The van der Waals surface area contributed by atoms with Gasteiger partial charge in [0.05, 0.1) is 12.3 Å². The molecule has 5 nitrogen and oxygen atoms in total. The van der Waals surface area contributed by atoms with Crippen molar-refractivity contribution >= 4 is 27.3 Å². The molecule has 7 heteroatoms. The number of hydrogen-bond acceptors (Lipinski definition) is 5. The average molecular weight is 330 g/mol. The Labute approximate surface area is 130 Å². The van der Waals surface area contributed by atoms with Crippen LogP contribution in [0.15, 0.2) is 11.4 Å². The minimum absolute atomic E-state index is 0.0290. The van der Waals surface area contributed by atoms with Crippen LogP contribution in [0.4, 0.5) is 0 Å². The van der Waals surface area contributed by atoms with Gasteiger partial charge in [-0.1, -0.05) is 19.8 Å². The van der Waals surface area contributed by atoms with E-state index < -0.39 is 15.9 Å². The van der Waals surface area contributed by atoms with Gasteiger partial charge in [-0.2, -0.15) is 0 Å². The fourth-order valence-electron chi connectivity index (χ4n) is 2.44. The van der Waals surface area contributed by atoms with Crippen molar-refractivity contribution in [2.45, 2.75) is 39.2 Å². The SMILES string of the molecule is CCCCCS(=O)(=O)NC(=O)CN1CCc2sccc2C1. The van der Waals surface area contributed by atoms with Gasteiger partial charge in [0, 0.05) is 18.0 Å². The zero-order chi connectivity index (χ0) is 15.3. The first kappa shape index (κ1) is 16.5. The number of rotatable bonds is 7. The highest BCUT2D eigenvalue weighted by Crippen LogP contribution is 2.23. The van der Waals surface area contributed by atoms with E-state index in [1.54, 1.807) is 11.3 Å². The zero-order valence-corrected chi connectivity index (χ0v) is 13.9. The second-order valence-electron chi connectivity index (χ2n) is 5.38. The molecule has 0 saturated heterocycles. The summed E-state index contributed by atoms with van der Waals surface area (Å²) >= 11 is 1.74. The van der Waals surface area contributed by atoms with E-state index in [0.717, 1.165) is 32.4 Å². The third-order valence-electron chi connectivity index (χ3n) is 3.54. The number of amides is 1. The third-order valence-corrected chi connectivity index (χ3v) is 5.93. The van der Waals surface area contributed by atoms with Gasteiger partial charge in [0.2, 0.25) is 15.9 Å². The summed E-state index contributed by atoms with van der Waals surface area (Å²) in [7, 11) is -3.48. The van der Waals surface area contributed by atoms with Crippen LogP contribution in [-0.2, 0) is 27.8 Å². The molecule has 1 aliphatic heterocycles. The van der Waals surface area contributed by atoms with Crippen molar-refractivity contribution in [3.63, 3.8) is 0 Å². The lowest BCUT2D eigenvalue weighted by atomic mass is 10.1. The van der Waals surface area contributed by atoms with Crippen molar-refractivity contribution in [1.29, 1.82) is 0 Å². The van der Waals surface area contributed by atoms with Gasteiger partial charge in [0.1, 0.15) is 0 Å². The average Bonchev–Trinajstić information content (AvgIpc) is 2.85. The summed E-state index contributed by atoms with van der Waals surface area (Å²) in [5.74, 6) is -0.397. The molecule has 118 valence electrons. The number of hydrogen-bond donors (Lipinski definition) is 1. The van der Waals surface area contributed by atoms with E-state index in [0.29, 0.717) is 6.42 Å². The van der Waals surface area contributed by atoms with Gasteiger partial charge in [-0.05, 0) is 29.9 Å². The van der Waals surface area contributed by atoms with Crippen LogP contribution in [0.5, 0.6) is 0 Å². The summed E-state index contributed by atoms with van der Waals surface area (Å²) in [4.78, 5) is 15.2. The van der Waals surface area contributed by atoms with Gasteiger partial charge in [-0.25, -0.2) is 8.42 Å². The molecule has 0 atom stereocenters. The van der Waals surface area contributed by atoms with Crippen molar-refractivity contribution in [3.05, 3.63) is 21.9 Å². The maximum Gasteiger partial charge on any atom is 0.247 e. The number of nitrogens with zero attached hydrogens (tertiary/aromatic N) is 1. The van der Waals surface area contributed by atoms with Crippen molar-refractivity contribution in [2.24, 2.45) is 0 Å². The molecule has 0 aromatic carbocycles. The molecule has 1 aromatic rings. The largest absolute Gasteiger partial charge is 0.290 e. The molecular weight excluding hydrogens is 308 g/mol. The molecule has 0 radical (unpaired) electrons. The minimum atomic E-state index is -3.48. The van der Waals surface area contributed by atoms with E-state index in [1.165, 1.54) is 10.4 Å². The van der Waals surface area contributed by atoms with E-state index >= 15 is 0 Å². The molecule has 0 unspecified atom stereocenters. The fraction of sp³-hybridized carbons (Fsp3) is 0.643. The van der Waals surface area contributed by atoms with Gasteiger partial charge in [0.15, 0.2) is 0 Å². The Hall–Kier alpha value is -0.920. The maximum absolute atomic E-state index is 11.9. The lowest BCUT2D eigenvalue weighted by Gasteiger charge is -2.25. The Bertz CT molecular complexity index is 581. The Morgan fingerprint density at radius 3 is 3.00 bits per heavy atom. The van der Waals surface area contributed by atoms with E-state index in [2.05, 4.69) is 16.2 Å². The predicted molar refractivity (Wildman–Crippen MR) is 84.8 cm³/mol. The molecule has 1 amide bonds. The molecule has 0 bridgehead atoms. The number of carbonyl (C=O) groups is 1. The number of nitrogens with one attached hydrogen (secondary N) is 1. The van der Waals surface area contributed by atoms with E-state index in [-0.39, 0.29) is 12.3 Å². The number of thiophene rings is 1. The Morgan fingerprint density at radius 2 is 2.24 bits per heavy atom. The van der Waals surface area contributed by atoms with Crippen molar-refractivity contribution in [3.8, 4) is 0 Å². The Balaban J connectivity index is 1.80. The van der Waals surface area contributed by atoms with Crippen LogP contribution in [0.25, 0.3) is 0 Å². The first-order valence-electron chi connectivity index (χ1n) is 7.31. The van der Waals surface area contributed by atoms with Gasteiger partial charge in [-0.3, -0.25) is 14.4 Å². The number of unbranched alkanes of at least 4 members (excludes halogenated alkanes) is 2. The molecule has 2 heterocycles. The lowest BCUT2D eigenvalue weighted by molar-refractivity contribution is -0.120. The number of sulfonamides is 1. The molecule has 1 aliphatic rings. The monoisotopic (exact) mass is 330 g/mol. The molecular formula is C14H22N2O3S2. The molecule has 2 rings (SSSR count). The fourth-order valence-corrected chi connectivity index (χ4v) is 4.43. The highest BCUT2D eigenvalue weighted by atomic mass is 32.2. The maximum atomic E-state index is 11.9. The van der Waals surface area contributed by atoms with Gasteiger partial charge < -0.3 is 0 Å². The summed E-state index contributed by atoms with van der Waals surface area (Å²) in [5, 5.41) is 2.06. The minimum Gasteiger partial charge on any atom is -0.290 e. The summed E-state index contributed by atoms with van der Waals surface area (Å²) in [5.41, 5.74) is 1.25. The topological polar surface area (TPSA) is 66.5 Å². The zero-order valence-electron chi connectivity index (χ0n) is 12.3. The van der Waals surface area contributed by atoms with E-state index in [9.17, 15) is 13.2 Å².